The van der Waals surface area contributed by atoms with Crippen molar-refractivity contribution in [3.8, 4) is 0 Å². The van der Waals surface area contributed by atoms with Gasteiger partial charge in [-0.1, -0.05) is 31.9 Å². The summed E-state index contributed by atoms with van der Waals surface area (Å²) < 4.78 is 0. The molecule has 5 heteroatoms. The number of carbonyl (C=O) groups is 1. The molecule has 0 radical (unpaired) electrons. The van der Waals surface area contributed by atoms with Crippen molar-refractivity contribution in [3.63, 3.8) is 0 Å². The number of anilines is 1. The van der Waals surface area contributed by atoms with Gasteiger partial charge in [0, 0.05) is 18.0 Å². The van der Waals surface area contributed by atoms with E-state index in [-0.39, 0.29) is 11.5 Å². The number of hydrogen-bond donors (Lipinski definition) is 2. The molecule has 1 atom stereocenters. The number of pyridine rings is 1. The van der Waals surface area contributed by atoms with E-state index < -0.39 is 0 Å². The number of carbonyl (C=O) groups excluding carboxylic acids is 1. The van der Waals surface area contributed by atoms with Crippen LogP contribution in [0.1, 0.15) is 26.7 Å². The molecule has 0 aliphatic carbocycles. The molecule has 0 spiro atoms. The molecule has 0 bridgehead atoms. The Hall–Kier alpha value is -1.81. The number of aromatic nitrogens is 1. The predicted molar refractivity (Wildman–Crippen MR) is 82.3 cm³/mol. The van der Waals surface area contributed by atoms with Gasteiger partial charge in [0.1, 0.15) is 0 Å². The molecule has 0 unspecified atom stereocenters. The van der Waals surface area contributed by atoms with E-state index >= 15 is 0 Å². The molecule has 0 aliphatic rings. The van der Waals surface area contributed by atoms with E-state index in [0.29, 0.717) is 28.4 Å². The maximum absolute atomic E-state index is 11.9. The van der Waals surface area contributed by atoms with Gasteiger partial charge < -0.3 is 10.3 Å². The van der Waals surface area contributed by atoms with E-state index in [0.717, 1.165) is 11.8 Å². The van der Waals surface area contributed by atoms with Crippen LogP contribution in [0.15, 0.2) is 29.2 Å². The normalized spacial score (nSPS) is 12.3. The van der Waals surface area contributed by atoms with E-state index in [9.17, 15) is 9.59 Å². The predicted octanol–water partition coefficient (Wildman–Crippen LogP) is 3.56. The molecule has 1 heterocycles. The van der Waals surface area contributed by atoms with Crippen LogP contribution >= 0.6 is 11.6 Å². The smallest absolute Gasteiger partial charge is 0.255 e. The van der Waals surface area contributed by atoms with Crippen molar-refractivity contribution in [2.24, 2.45) is 5.92 Å². The second-order valence-electron chi connectivity index (χ2n) is 4.99. The average molecular weight is 293 g/mol. The first-order chi connectivity index (χ1) is 9.51. The molecule has 4 nitrogen and oxygen atoms in total. The molecule has 0 aliphatic heterocycles. The van der Waals surface area contributed by atoms with Crippen LogP contribution in [-0.4, -0.2) is 10.9 Å². The van der Waals surface area contributed by atoms with Gasteiger partial charge in [0.25, 0.3) is 5.56 Å². The summed E-state index contributed by atoms with van der Waals surface area (Å²) in [5.41, 5.74) is 0.347. The Labute approximate surface area is 122 Å². The molecular weight excluding hydrogens is 276 g/mol. The van der Waals surface area contributed by atoms with Gasteiger partial charge in [-0.05, 0) is 29.5 Å². The Bertz CT molecular complexity index is 694. The van der Waals surface area contributed by atoms with Crippen molar-refractivity contribution in [3.05, 3.63) is 39.8 Å². The second-order valence-corrected chi connectivity index (χ2v) is 5.40. The Morgan fingerprint density at radius 3 is 2.90 bits per heavy atom. The minimum absolute atomic E-state index is 0.0644. The third kappa shape index (κ3) is 3.20. The lowest BCUT2D eigenvalue weighted by Gasteiger charge is -2.11. The van der Waals surface area contributed by atoms with Crippen LogP contribution in [0.2, 0.25) is 5.02 Å². The van der Waals surface area contributed by atoms with Crippen molar-refractivity contribution in [1.29, 1.82) is 0 Å². The Morgan fingerprint density at radius 1 is 1.45 bits per heavy atom. The molecular formula is C15H17ClN2O2. The molecule has 2 aromatic rings. The molecule has 0 saturated heterocycles. The highest BCUT2D eigenvalue weighted by Crippen LogP contribution is 2.26. The first-order valence-electron chi connectivity index (χ1n) is 6.62. The highest BCUT2D eigenvalue weighted by Gasteiger charge is 2.11. The highest BCUT2D eigenvalue weighted by atomic mass is 35.5. The SMILES string of the molecule is CC[C@@H](C)CC(=O)Nc1cc2cc[nH]c(=O)c2cc1Cl. The summed E-state index contributed by atoms with van der Waals surface area (Å²) >= 11 is 6.12. The molecule has 0 fully saturated rings. The lowest BCUT2D eigenvalue weighted by atomic mass is 10.0. The topological polar surface area (TPSA) is 62.0 Å². The number of aromatic amines is 1. The molecule has 1 aromatic carbocycles. The fraction of sp³-hybridized carbons (Fsp3) is 0.333. The molecule has 2 rings (SSSR count). The standard InChI is InChI=1S/C15H17ClN2O2/c1-3-9(2)6-14(19)18-13-7-10-4-5-17-15(20)11(10)8-12(13)16/h4-5,7-9H,3,6H2,1-2H3,(H,17,20)(H,18,19)/t9-/m1/s1. The highest BCUT2D eigenvalue weighted by molar-refractivity contribution is 6.34. The third-order valence-corrected chi connectivity index (χ3v) is 3.68. The summed E-state index contributed by atoms with van der Waals surface area (Å²) in [7, 11) is 0. The van der Waals surface area contributed by atoms with Crippen molar-refractivity contribution in [2.75, 3.05) is 5.32 Å². The lowest BCUT2D eigenvalue weighted by molar-refractivity contribution is -0.117. The molecule has 1 aromatic heterocycles. The number of halogens is 1. The van der Waals surface area contributed by atoms with Crippen LogP contribution in [0.4, 0.5) is 5.69 Å². The summed E-state index contributed by atoms with van der Waals surface area (Å²) in [6.07, 6.45) is 2.98. The van der Waals surface area contributed by atoms with E-state index in [4.69, 9.17) is 11.6 Å². The number of hydrogen-bond acceptors (Lipinski definition) is 2. The van der Waals surface area contributed by atoms with Crippen LogP contribution in [-0.2, 0) is 4.79 Å². The van der Waals surface area contributed by atoms with Crippen LogP contribution in [0.25, 0.3) is 10.8 Å². The molecule has 1 amide bonds. The second kappa shape index (κ2) is 6.09. The van der Waals surface area contributed by atoms with Gasteiger partial charge in [0.05, 0.1) is 10.7 Å². The number of rotatable bonds is 4. The number of benzene rings is 1. The minimum atomic E-state index is -0.193. The van der Waals surface area contributed by atoms with Gasteiger partial charge in [-0.2, -0.15) is 0 Å². The quantitative estimate of drug-likeness (QED) is 0.905. The Morgan fingerprint density at radius 2 is 2.20 bits per heavy atom. The number of fused-ring (bicyclic) bond motifs is 1. The summed E-state index contributed by atoms with van der Waals surface area (Å²) in [6, 6.07) is 5.08. The minimum Gasteiger partial charge on any atom is -0.329 e. The monoisotopic (exact) mass is 292 g/mol. The third-order valence-electron chi connectivity index (χ3n) is 3.37. The van der Waals surface area contributed by atoms with Gasteiger partial charge in [0.2, 0.25) is 5.91 Å². The largest absolute Gasteiger partial charge is 0.329 e. The van der Waals surface area contributed by atoms with Crippen LogP contribution in [0.3, 0.4) is 0 Å². The molecule has 0 saturated carbocycles. The number of H-pyrrole nitrogens is 1. The van der Waals surface area contributed by atoms with Crippen LogP contribution < -0.4 is 10.9 Å². The van der Waals surface area contributed by atoms with Crippen molar-refractivity contribution < 1.29 is 4.79 Å². The zero-order valence-corrected chi connectivity index (χ0v) is 12.3. The summed E-state index contributed by atoms with van der Waals surface area (Å²) in [6.45, 7) is 4.08. The maximum Gasteiger partial charge on any atom is 0.255 e. The van der Waals surface area contributed by atoms with E-state index in [2.05, 4.69) is 10.3 Å². The zero-order valence-electron chi connectivity index (χ0n) is 11.5. The van der Waals surface area contributed by atoms with Gasteiger partial charge in [0.15, 0.2) is 0 Å². The van der Waals surface area contributed by atoms with E-state index in [1.807, 2.05) is 13.8 Å². The van der Waals surface area contributed by atoms with E-state index in [1.54, 1.807) is 24.4 Å². The van der Waals surface area contributed by atoms with Crippen LogP contribution in [0.5, 0.6) is 0 Å². The number of amides is 1. The van der Waals surface area contributed by atoms with Crippen molar-refractivity contribution in [2.45, 2.75) is 26.7 Å². The Balaban J connectivity index is 2.29. The molecule has 106 valence electrons. The van der Waals surface area contributed by atoms with Gasteiger partial charge >= 0.3 is 0 Å². The fourth-order valence-corrected chi connectivity index (χ4v) is 2.18. The first-order valence-corrected chi connectivity index (χ1v) is 7.00. The first kappa shape index (κ1) is 14.6. The molecule has 2 N–H and O–H groups in total. The summed E-state index contributed by atoms with van der Waals surface area (Å²) in [4.78, 5) is 26.1. The van der Waals surface area contributed by atoms with Crippen molar-refractivity contribution >= 4 is 34.0 Å². The maximum atomic E-state index is 11.9. The van der Waals surface area contributed by atoms with Gasteiger partial charge in [-0.3, -0.25) is 9.59 Å². The van der Waals surface area contributed by atoms with Gasteiger partial charge in [-0.25, -0.2) is 0 Å². The molecule has 20 heavy (non-hydrogen) atoms. The van der Waals surface area contributed by atoms with E-state index in [1.165, 1.54) is 0 Å². The fourth-order valence-electron chi connectivity index (χ4n) is 1.97. The van der Waals surface area contributed by atoms with Crippen LogP contribution in [0, 0.1) is 5.92 Å². The lowest BCUT2D eigenvalue weighted by Crippen LogP contribution is -2.15. The average Bonchev–Trinajstić information content (AvgIpc) is 2.40. The Kier molecular flexibility index (Phi) is 4.45. The zero-order chi connectivity index (χ0) is 14.7. The summed E-state index contributed by atoms with van der Waals surface area (Å²) in [5.74, 6) is 0.266. The number of nitrogens with one attached hydrogen (secondary N) is 2. The van der Waals surface area contributed by atoms with Gasteiger partial charge in [-0.15, -0.1) is 0 Å². The summed E-state index contributed by atoms with van der Waals surface area (Å²) in [5, 5.41) is 4.43. The van der Waals surface area contributed by atoms with Crippen molar-refractivity contribution in [1.82, 2.24) is 4.98 Å².